The summed E-state index contributed by atoms with van der Waals surface area (Å²) in [5.41, 5.74) is 2.31. The SMILES string of the molecule is CC1=C(C(=O)OCc2ccccc2)[C@H](c2ccc([N+](=O)[O-])cc2)n2nnnc2N1. The van der Waals surface area contributed by atoms with Crippen LogP contribution in [0.25, 0.3) is 0 Å². The van der Waals surface area contributed by atoms with E-state index >= 15 is 0 Å². The van der Waals surface area contributed by atoms with E-state index in [4.69, 9.17) is 4.74 Å². The number of anilines is 1. The lowest BCUT2D eigenvalue weighted by Crippen LogP contribution is -2.29. The van der Waals surface area contributed by atoms with Crippen LogP contribution in [-0.2, 0) is 16.1 Å². The highest BCUT2D eigenvalue weighted by atomic mass is 16.6. The van der Waals surface area contributed by atoms with Crippen LogP contribution < -0.4 is 5.32 Å². The van der Waals surface area contributed by atoms with Crippen LogP contribution in [0, 0.1) is 10.1 Å². The number of aromatic nitrogens is 4. The second kappa shape index (κ2) is 7.50. The molecule has 3 aromatic rings. The highest BCUT2D eigenvalue weighted by Gasteiger charge is 2.35. The van der Waals surface area contributed by atoms with Gasteiger partial charge in [-0.15, -0.1) is 0 Å². The molecule has 2 aromatic carbocycles. The molecule has 146 valence electrons. The molecule has 1 aromatic heterocycles. The van der Waals surface area contributed by atoms with Crippen molar-refractivity contribution < 1.29 is 14.5 Å². The molecule has 0 amide bonds. The lowest BCUT2D eigenvalue weighted by molar-refractivity contribution is -0.384. The van der Waals surface area contributed by atoms with Gasteiger partial charge >= 0.3 is 5.97 Å². The maximum absolute atomic E-state index is 13.0. The zero-order valence-electron chi connectivity index (χ0n) is 15.3. The van der Waals surface area contributed by atoms with E-state index in [0.717, 1.165) is 5.56 Å². The molecule has 0 fully saturated rings. The molecule has 0 aliphatic carbocycles. The molecule has 0 radical (unpaired) electrons. The maximum atomic E-state index is 13.0. The van der Waals surface area contributed by atoms with Crippen LogP contribution in [0.4, 0.5) is 11.6 Å². The molecule has 10 heteroatoms. The Kier molecular flexibility index (Phi) is 4.73. The Morgan fingerprint density at radius 1 is 1.21 bits per heavy atom. The van der Waals surface area contributed by atoms with E-state index in [9.17, 15) is 14.9 Å². The van der Waals surface area contributed by atoms with E-state index in [-0.39, 0.29) is 12.3 Å². The standard InChI is InChI=1S/C19H16N6O4/c1-12-16(18(26)29-11-13-5-3-2-4-6-13)17(24-19(20-12)21-22-23-24)14-7-9-15(10-8-14)25(27)28/h2-10,17H,11H2,1H3,(H,20,21,23)/t17-/m0/s1. The summed E-state index contributed by atoms with van der Waals surface area (Å²) in [6.07, 6.45) is 0. The number of allylic oxidation sites excluding steroid dienone is 1. The molecule has 0 bridgehead atoms. The van der Waals surface area contributed by atoms with Gasteiger partial charge in [0.25, 0.3) is 5.69 Å². The van der Waals surface area contributed by atoms with E-state index in [2.05, 4.69) is 20.8 Å². The van der Waals surface area contributed by atoms with Gasteiger partial charge in [-0.25, -0.2) is 4.79 Å². The van der Waals surface area contributed by atoms with Crippen LogP contribution in [0.5, 0.6) is 0 Å². The number of nitrogens with zero attached hydrogens (tertiary/aromatic N) is 5. The fraction of sp³-hybridized carbons (Fsp3) is 0.158. The summed E-state index contributed by atoms with van der Waals surface area (Å²) in [4.78, 5) is 23.4. The normalized spacial score (nSPS) is 15.4. The highest BCUT2D eigenvalue weighted by Crippen LogP contribution is 2.35. The van der Waals surface area contributed by atoms with Gasteiger partial charge in [-0.05, 0) is 40.6 Å². The second-order valence-corrected chi connectivity index (χ2v) is 6.42. The minimum atomic E-state index is -0.676. The number of nitrogens with one attached hydrogen (secondary N) is 1. The molecule has 0 unspecified atom stereocenters. The fourth-order valence-electron chi connectivity index (χ4n) is 3.16. The predicted octanol–water partition coefficient (Wildman–Crippen LogP) is 2.61. The van der Waals surface area contributed by atoms with Gasteiger partial charge in [0, 0.05) is 17.8 Å². The average Bonchev–Trinajstić information content (AvgIpc) is 3.20. The summed E-state index contributed by atoms with van der Waals surface area (Å²) < 4.78 is 6.97. The molecule has 10 nitrogen and oxygen atoms in total. The van der Waals surface area contributed by atoms with Gasteiger partial charge in [0.2, 0.25) is 5.95 Å². The number of benzene rings is 2. The molecule has 0 saturated carbocycles. The molecule has 1 N–H and O–H groups in total. The van der Waals surface area contributed by atoms with Crippen molar-refractivity contribution in [1.29, 1.82) is 0 Å². The largest absolute Gasteiger partial charge is 0.457 e. The van der Waals surface area contributed by atoms with Crippen molar-refractivity contribution in [2.75, 3.05) is 5.32 Å². The Balaban J connectivity index is 1.68. The first-order chi connectivity index (χ1) is 14.0. The van der Waals surface area contributed by atoms with Gasteiger partial charge in [0.1, 0.15) is 12.6 Å². The number of ether oxygens (including phenoxy) is 1. The zero-order valence-corrected chi connectivity index (χ0v) is 15.3. The number of nitro benzene ring substituents is 1. The Hall–Kier alpha value is -4.08. The molecule has 1 aliphatic rings. The van der Waals surface area contributed by atoms with Crippen molar-refractivity contribution in [3.05, 3.63) is 87.1 Å². The Labute approximate surface area is 165 Å². The Morgan fingerprint density at radius 2 is 1.93 bits per heavy atom. The van der Waals surface area contributed by atoms with Gasteiger partial charge < -0.3 is 10.1 Å². The topological polar surface area (TPSA) is 125 Å². The molecule has 2 heterocycles. The summed E-state index contributed by atoms with van der Waals surface area (Å²) in [7, 11) is 0. The Bertz CT molecular complexity index is 1090. The van der Waals surface area contributed by atoms with Crippen LogP contribution in [-0.4, -0.2) is 31.1 Å². The molecular formula is C19H16N6O4. The number of hydrogen-bond acceptors (Lipinski definition) is 8. The van der Waals surface area contributed by atoms with Gasteiger partial charge in [-0.1, -0.05) is 35.4 Å². The van der Waals surface area contributed by atoms with Crippen molar-refractivity contribution in [3.8, 4) is 0 Å². The quantitative estimate of drug-likeness (QED) is 0.399. The molecular weight excluding hydrogens is 376 g/mol. The first-order valence-electron chi connectivity index (χ1n) is 8.75. The van der Waals surface area contributed by atoms with Gasteiger partial charge in [0.15, 0.2) is 0 Å². The summed E-state index contributed by atoms with van der Waals surface area (Å²) in [6, 6.07) is 14.6. The van der Waals surface area contributed by atoms with Crippen LogP contribution in [0.15, 0.2) is 65.9 Å². The number of esters is 1. The van der Waals surface area contributed by atoms with Crippen molar-refractivity contribution >= 4 is 17.6 Å². The van der Waals surface area contributed by atoms with Crippen molar-refractivity contribution in [2.24, 2.45) is 0 Å². The number of fused-ring (bicyclic) bond motifs is 1. The third kappa shape index (κ3) is 3.55. The van der Waals surface area contributed by atoms with Crippen molar-refractivity contribution in [2.45, 2.75) is 19.6 Å². The lowest BCUT2D eigenvalue weighted by atomic mass is 9.95. The fourth-order valence-corrected chi connectivity index (χ4v) is 3.16. The predicted molar refractivity (Wildman–Crippen MR) is 102 cm³/mol. The van der Waals surface area contributed by atoms with Gasteiger partial charge in [-0.3, -0.25) is 10.1 Å². The first kappa shape index (κ1) is 18.3. The Morgan fingerprint density at radius 3 is 2.62 bits per heavy atom. The third-order valence-electron chi connectivity index (χ3n) is 4.57. The number of non-ortho nitro benzene ring substituents is 1. The zero-order chi connectivity index (χ0) is 20.4. The van der Waals surface area contributed by atoms with Crippen LogP contribution in [0.2, 0.25) is 0 Å². The van der Waals surface area contributed by atoms with Gasteiger partial charge in [-0.2, -0.15) is 4.68 Å². The number of carbonyl (C=O) groups excluding carboxylic acids is 1. The van der Waals surface area contributed by atoms with Crippen LogP contribution >= 0.6 is 0 Å². The van der Waals surface area contributed by atoms with E-state index in [1.165, 1.54) is 16.8 Å². The molecule has 29 heavy (non-hydrogen) atoms. The number of hydrogen-bond donors (Lipinski definition) is 1. The monoisotopic (exact) mass is 392 g/mol. The van der Waals surface area contributed by atoms with Crippen molar-refractivity contribution in [1.82, 2.24) is 20.2 Å². The minimum Gasteiger partial charge on any atom is -0.457 e. The third-order valence-corrected chi connectivity index (χ3v) is 4.57. The summed E-state index contributed by atoms with van der Waals surface area (Å²) in [5, 5.41) is 25.5. The number of rotatable bonds is 5. The molecule has 0 spiro atoms. The van der Waals surface area contributed by atoms with E-state index in [1.807, 2.05) is 30.3 Å². The summed E-state index contributed by atoms with van der Waals surface area (Å²) >= 11 is 0. The first-order valence-corrected chi connectivity index (χ1v) is 8.75. The summed E-state index contributed by atoms with van der Waals surface area (Å²) in [6.45, 7) is 1.85. The number of carbonyl (C=O) groups is 1. The minimum absolute atomic E-state index is 0.0477. The molecule has 1 atom stereocenters. The highest BCUT2D eigenvalue weighted by molar-refractivity contribution is 5.92. The summed E-state index contributed by atoms with van der Waals surface area (Å²) in [5.74, 6) is -0.159. The number of tetrazole rings is 1. The van der Waals surface area contributed by atoms with Crippen molar-refractivity contribution in [3.63, 3.8) is 0 Å². The van der Waals surface area contributed by atoms with E-state index in [1.54, 1.807) is 19.1 Å². The van der Waals surface area contributed by atoms with E-state index < -0.39 is 16.9 Å². The van der Waals surface area contributed by atoms with Gasteiger partial charge in [0.05, 0.1) is 10.5 Å². The molecule has 1 aliphatic heterocycles. The number of nitro groups is 1. The lowest BCUT2D eigenvalue weighted by Gasteiger charge is -2.27. The smallest absolute Gasteiger partial charge is 0.338 e. The molecule has 0 saturated heterocycles. The van der Waals surface area contributed by atoms with Crippen LogP contribution in [0.3, 0.4) is 0 Å². The average molecular weight is 392 g/mol. The van der Waals surface area contributed by atoms with E-state index in [0.29, 0.717) is 22.8 Å². The molecule has 4 rings (SSSR count). The second-order valence-electron chi connectivity index (χ2n) is 6.42. The van der Waals surface area contributed by atoms with Crippen LogP contribution in [0.1, 0.15) is 24.1 Å². The maximum Gasteiger partial charge on any atom is 0.338 e.